The quantitative estimate of drug-likeness (QED) is 0.375. The fourth-order valence-corrected chi connectivity index (χ4v) is 1.69. The number of pyridine rings is 1. The van der Waals surface area contributed by atoms with Crippen molar-refractivity contribution in [2.75, 3.05) is 0 Å². The van der Waals surface area contributed by atoms with Crippen LogP contribution in [0.1, 0.15) is 33.3 Å². The van der Waals surface area contributed by atoms with Crippen LogP contribution in [0.15, 0.2) is 42.6 Å². The van der Waals surface area contributed by atoms with E-state index in [1.165, 1.54) is 13.1 Å². The van der Waals surface area contributed by atoms with Crippen molar-refractivity contribution in [2.45, 2.75) is 13.5 Å². The van der Waals surface area contributed by atoms with Crippen LogP contribution in [-0.4, -0.2) is 16.7 Å². The molecule has 108 valence electrons. The van der Waals surface area contributed by atoms with Crippen molar-refractivity contribution < 1.29 is 14.3 Å². The van der Waals surface area contributed by atoms with Gasteiger partial charge in [-0.3, -0.25) is 20.0 Å². The molecule has 2 rings (SSSR count). The number of carbonyl (C=O) groups excluding carboxylic acids is 2. The molecule has 0 aliphatic rings. The molecule has 1 aromatic carbocycles. The summed E-state index contributed by atoms with van der Waals surface area (Å²) in [6.45, 7) is 1.74. The van der Waals surface area contributed by atoms with Gasteiger partial charge in [-0.2, -0.15) is 0 Å². The predicted molar refractivity (Wildman–Crippen MR) is 76.7 cm³/mol. The summed E-state index contributed by atoms with van der Waals surface area (Å²) in [5, 5.41) is 0. The molecule has 2 aromatic rings. The number of hydrogen-bond donors (Lipinski definition) is 2. The summed E-state index contributed by atoms with van der Waals surface area (Å²) in [5.74, 6) is 5.21. The van der Waals surface area contributed by atoms with Gasteiger partial charge in [-0.25, -0.2) is 5.84 Å². The SMILES string of the molecule is CC(=O)c1cccc(OCc2ccc(C(=O)NN)cn2)c1. The summed E-state index contributed by atoms with van der Waals surface area (Å²) in [5.41, 5.74) is 3.66. The van der Waals surface area contributed by atoms with Gasteiger partial charge in [0.1, 0.15) is 12.4 Å². The second-order valence-electron chi connectivity index (χ2n) is 4.38. The van der Waals surface area contributed by atoms with Crippen molar-refractivity contribution in [3.05, 3.63) is 59.4 Å². The highest BCUT2D eigenvalue weighted by molar-refractivity contribution is 5.94. The summed E-state index contributed by atoms with van der Waals surface area (Å²) in [6.07, 6.45) is 1.42. The number of aromatic nitrogens is 1. The van der Waals surface area contributed by atoms with E-state index in [0.29, 0.717) is 22.6 Å². The Hall–Kier alpha value is -2.73. The van der Waals surface area contributed by atoms with E-state index in [1.807, 2.05) is 5.43 Å². The lowest BCUT2D eigenvalue weighted by Gasteiger charge is -2.07. The molecule has 0 fully saturated rings. The van der Waals surface area contributed by atoms with Crippen LogP contribution in [0, 0.1) is 0 Å². The fourth-order valence-electron chi connectivity index (χ4n) is 1.69. The van der Waals surface area contributed by atoms with E-state index in [2.05, 4.69) is 4.98 Å². The number of nitrogens with two attached hydrogens (primary N) is 1. The van der Waals surface area contributed by atoms with Crippen LogP contribution >= 0.6 is 0 Å². The lowest BCUT2D eigenvalue weighted by Crippen LogP contribution is -2.30. The van der Waals surface area contributed by atoms with E-state index < -0.39 is 5.91 Å². The average molecular weight is 285 g/mol. The third-order valence-corrected chi connectivity index (χ3v) is 2.85. The molecule has 0 saturated carbocycles. The summed E-state index contributed by atoms with van der Waals surface area (Å²) in [7, 11) is 0. The molecule has 0 bridgehead atoms. The maximum atomic E-state index is 11.3. The highest BCUT2D eigenvalue weighted by atomic mass is 16.5. The van der Waals surface area contributed by atoms with Gasteiger partial charge in [-0.15, -0.1) is 0 Å². The smallest absolute Gasteiger partial charge is 0.266 e. The number of hydrazine groups is 1. The summed E-state index contributed by atoms with van der Waals surface area (Å²) < 4.78 is 5.57. The first-order valence-corrected chi connectivity index (χ1v) is 6.30. The number of amides is 1. The standard InChI is InChI=1S/C15H15N3O3/c1-10(19)11-3-2-4-14(7-11)21-9-13-6-5-12(8-17-13)15(20)18-16/h2-8H,9,16H2,1H3,(H,18,20). The van der Waals surface area contributed by atoms with Gasteiger partial charge in [-0.1, -0.05) is 12.1 Å². The second kappa shape index (κ2) is 6.62. The number of rotatable bonds is 5. The first-order valence-electron chi connectivity index (χ1n) is 6.30. The normalized spacial score (nSPS) is 10.0. The summed E-state index contributed by atoms with van der Waals surface area (Å²) in [6, 6.07) is 10.2. The molecule has 1 heterocycles. The highest BCUT2D eigenvalue weighted by Crippen LogP contribution is 2.15. The van der Waals surface area contributed by atoms with Crippen LogP contribution in [0.4, 0.5) is 0 Å². The minimum absolute atomic E-state index is 0.0178. The number of nitrogens with zero attached hydrogens (tertiary/aromatic N) is 1. The van der Waals surface area contributed by atoms with Crippen LogP contribution in [0.25, 0.3) is 0 Å². The predicted octanol–water partition coefficient (Wildman–Crippen LogP) is 1.47. The van der Waals surface area contributed by atoms with Gasteiger partial charge in [0.2, 0.25) is 0 Å². The molecule has 0 aliphatic heterocycles. The molecule has 1 aromatic heterocycles. The molecule has 0 atom stereocenters. The Balaban J connectivity index is 2.01. The van der Waals surface area contributed by atoms with E-state index >= 15 is 0 Å². The van der Waals surface area contributed by atoms with Crippen LogP contribution in [-0.2, 0) is 6.61 Å². The van der Waals surface area contributed by atoms with Crippen LogP contribution < -0.4 is 16.0 Å². The molecule has 6 heteroatoms. The molecular weight excluding hydrogens is 270 g/mol. The summed E-state index contributed by atoms with van der Waals surface area (Å²) in [4.78, 5) is 26.7. The van der Waals surface area contributed by atoms with Crippen molar-refractivity contribution in [3.63, 3.8) is 0 Å². The van der Waals surface area contributed by atoms with Crippen LogP contribution in [0.5, 0.6) is 5.75 Å². The van der Waals surface area contributed by atoms with Crippen molar-refractivity contribution in [1.29, 1.82) is 0 Å². The number of ketones is 1. The van der Waals surface area contributed by atoms with E-state index in [9.17, 15) is 9.59 Å². The largest absolute Gasteiger partial charge is 0.487 e. The molecule has 0 aliphatic carbocycles. The van der Waals surface area contributed by atoms with Crippen molar-refractivity contribution >= 4 is 11.7 Å². The first kappa shape index (κ1) is 14.7. The number of Topliss-reactive ketones (excluding diaryl/α,β-unsaturated/α-hetero) is 1. The Bertz CT molecular complexity index is 653. The Morgan fingerprint density at radius 3 is 2.67 bits per heavy atom. The van der Waals surface area contributed by atoms with Crippen LogP contribution in [0.2, 0.25) is 0 Å². The average Bonchev–Trinajstić information content (AvgIpc) is 2.53. The summed E-state index contributed by atoms with van der Waals surface area (Å²) >= 11 is 0. The first-order chi connectivity index (χ1) is 10.1. The third-order valence-electron chi connectivity index (χ3n) is 2.85. The van der Waals surface area contributed by atoms with Gasteiger partial charge in [-0.05, 0) is 31.2 Å². The molecule has 6 nitrogen and oxygen atoms in total. The minimum Gasteiger partial charge on any atom is -0.487 e. The Morgan fingerprint density at radius 1 is 1.24 bits per heavy atom. The Morgan fingerprint density at radius 2 is 2.05 bits per heavy atom. The molecule has 0 radical (unpaired) electrons. The molecule has 21 heavy (non-hydrogen) atoms. The molecule has 0 unspecified atom stereocenters. The van der Waals surface area contributed by atoms with Gasteiger partial charge in [0.15, 0.2) is 5.78 Å². The van der Waals surface area contributed by atoms with E-state index in [1.54, 1.807) is 36.4 Å². The van der Waals surface area contributed by atoms with Gasteiger partial charge >= 0.3 is 0 Å². The zero-order valence-electron chi connectivity index (χ0n) is 11.5. The number of benzene rings is 1. The lowest BCUT2D eigenvalue weighted by molar-refractivity contribution is 0.0952. The topological polar surface area (TPSA) is 94.3 Å². The van der Waals surface area contributed by atoms with Gasteiger partial charge in [0.05, 0.1) is 11.3 Å². The monoisotopic (exact) mass is 285 g/mol. The molecule has 1 amide bonds. The maximum Gasteiger partial charge on any atom is 0.266 e. The second-order valence-corrected chi connectivity index (χ2v) is 4.38. The maximum absolute atomic E-state index is 11.3. The third kappa shape index (κ3) is 3.87. The molecular formula is C15H15N3O3. The molecule has 0 spiro atoms. The van der Waals surface area contributed by atoms with E-state index in [-0.39, 0.29) is 12.4 Å². The van der Waals surface area contributed by atoms with E-state index in [0.717, 1.165) is 0 Å². The highest BCUT2D eigenvalue weighted by Gasteiger charge is 2.05. The number of nitrogens with one attached hydrogen (secondary N) is 1. The van der Waals surface area contributed by atoms with Gasteiger partial charge in [0, 0.05) is 11.8 Å². The van der Waals surface area contributed by atoms with E-state index in [4.69, 9.17) is 10.6 Å². The zero-order chi connectivity index (χ0) is 15.2. The molecule has 0 saturated heterocycles. The van der Waals surface area contributed by atoms with Crippen LogP contribution in [0.3, 0.4) is 0 Å². The molecule has 3 N–H and O–H groups in total. The van der Waals surface area contributed by atoms with Gasteiger partial charge in [0.25, 0.3) is 5.91 Å². The van der Waals surface area contributed by atoms with Crippen molar-refractivity contribution in [2.24, 2.45) is 5.84 Å². The zero-order valence-corrected chi connectivity index (χ0v) is 11.5. The Kier molecular flexibility index (Phi) is 4.63. The fraction of sp³-hybridized carbons (Fsp3) is 0.133. The van der Waals surface area contributed by atoms with Gasteiger partial charge < -0.3 is 4.74 Å². The number of carbonyl (C=O) groups is 2. The van der Waals surface area contributed by atoms with Crippen molar-refractivity contribution in [1.82, 2.24) is 10.4 Å². The lowest BCUT2D eigenvalue weighted by atomic mass is 10.1. The minimum atomic E-state index is -0.399. The number of hydrogen-bond acceptors (Lipinski definition) is 5. The van der Waals surface area contributed by atoms with Crippen molar-refractivity contribution in [3.8, 4) is 5.75 Å². The Labute approximate surface area is 121 Å². The number of ether oxygens (including phenoxy) is 1. The number of nitrogen functional groups attached to an aromatic ring is 1.